The van der Waals surface area contributed by atoms with Gasteiger partial charge in [-0.1, -0.05) is 11.6 Å². The molecule has 1 unspecified atom stereocenters. The van der Waals surface area contributed by atoms with Crippen LogP contribution in [0.15, 0.2) is 16.6 Å². The maximum Gasteiger partial charge on any atom is 0.249 e. The molecular weight excluding hydrogens is 332 g/mol. The van der Waals surface area contributed by atoms with Crippen LogP contribution in [0.4, 0.5) is 5.69 Å². The van der Waals surface area contributed by atoms with Crippen LogP contribution in [0.5, 0.6) is 0 Å². The van der Waals surface area contributed by atoms with Gasteiger partial charge in [-0.2, -0.15) is 0 Å². The van der Waals surface area contributed by atoms with E-state index in [9.17, 15) is 9.59 Å². The number of nitrogens with zero attached hydrogens (tertiary/aromatic N) is 1. The van der Waals surface area contributed by atoms with Gasteiger partial charge in [0.15, 0.2) is 0 Å². The number of hydrogen-bond acceptors (Lipinski definition) is 2. The molecule has 6 heteroatoms. The largest absolute Gasteiger partial charge is 0.345 e. The minimum Gasteiger partial charge on any atom is -0.345 e. The van der Waals surface area contributed by atoms with Gasteiger partial charge in [0.25, 0.3) is 0 Å². The van der Waals surface area contributed by atoms with Gasteiger partial charge < -0.3 is 10.2 Å². The molecule has 102 valence electrons. The number of halogens is 2. The minimum atomic E-state index is -0.526. The molecule has 1 N–H and O–H groups in total. The molecule has 19 heavy (non-hydrogen) atoms. The molecule has 0 spiro atoms. The second-order valence-electron chi connectivity index (χ2n) is 4.58. The van der Waals surface area contributed by atoms with E-state index in [1.54, 1.807) is 17.9 Å². The lowest BCUT2D eigenvalue weighted by atomic mass is 10.2. The lowest BCUT2D eigenvalue weighted by Crippen LogP contribution is -2.42. The topological polar surface area (TPSA) is 49.4 Å². The number of anilines is 1. The van der Waals surface area contributed by atoms with Crippen molar-refractivity contribution in [2.24, 2.45) is 0 Å². The highest BCUT2D eigenvalue weighted by Gasteiger charge is 2.28. The third kappa shape index (κ3) is 2.92. The van der Waals surface area contributed by atoms with Crippen LogP contribution in [-0.2, 0) is 9.59 Å². The summed E-state index contributed by atoms with van der Waals surface area (Å²) in [7, 11) is 0. The lowest BCUT2D eigenvalue weighted by molar-refractivity contribution is -0.125. The van der Waals surface area contributed by atoms with E-state index in [2.05, 4.69) is 21.2 Å². The van der Waals surface area contributed by atoms with Crippen LogP contribution >= 0.6 is 27.5 Å². The van der Waals surface area contributed by atoms with Crippen LogP contribution in [0, 0.1) is 6.92 Å². The number of benzene rings is 1. The Morgan fingerprint density at radius 3 is 2.79 bits per heavy atom. The number of carbonyl (C=O) groups is 2. The fourth-order valence-corrected chi connectivity index (χ4v) is 2.84. The first kappa shape index (κ1) is 14.3. The first-order chi connectivity index (χ1) is 8.90. The summed E-state index contributed by atoms with van der Waals surface area (Å²) in [5, 5.41) is 3.26. The van der Waals surface area contributed by atoms with Crippen molar-refractivity contribution in [2.75, 3.05) is 11.4 Å². The van der Waals surface area contributed by atoms with Gasteiger partial charge in [-0.25, -0.2) is 0 Å². The molecular formula is C13H14BrClN2O2. The number of rotatable bonds is 1. The highest BCUT2D eigenvalue weighted by Crippen LogP contribution is 2.32. The molecule has 0 aliphatic carbocycles. The summed E-state index contributed by atoms with van der Waals surface area (Å²) in [5.74, 6) is -0.246. The van der Waals surface area contributed by atoms with Gasteiger partial charge in [0.05, 0.1) is 5.69 Å². The minimum absolute atomic E-state index is 0.113. The van der Waals surface area contributed by atoms with Crippen molar-refractivity contribution >= 4 is 45.0 Å². The summed E-state index contributed by atoms with van der Waals surface area (Å²) in [4.78, 5) is 25.4. The zero-order valence-corrected chi connectivity index (χ0v) is 13.0. The molecule has 0 saturated carbocycles. The van der Waals surface area contributed by atoms with Gasteiger partial charge in [0.1, 0.15) is 6.04 Å². The van der Waals surface area contributed by atoms with Crippen molar-refractivity contribution in [3.63, 3.8) is 0 Å². The molecule has 1 aromatic rings. The number of hydrogen-bond donors (Lipinski definition) is 1. The maximum absolute atomic E-state index is 12.3. The molecule has 1 atom stereocenters. The maximum atomic E-state index is 12.3. The summed E-state index contributed by atoms with van der Waals surface area (Å²) in [6.45, 7) is 3.93. The predicted octanol–water partition coefficient (Wildman–Crippen LogP) is 2.65. The number of amides is 2. The fraction of sp³-hybridized carbons (Fsp3) is 0.385. The molecule has 1 saturated heterocycles. The molecule has 1 heterocycles. The van der Waals surface area contributed by atoms with Gasteiger partial charge in [0.2, 0.25) is 11.8 Å². The molecule has 4 nitrogen and oxygen atoms in total. The first-order valence-electron chi connectivity index (χ1n) is 5.96. The Labute approximate surface area is 125 Å². The van der Waals surface area contributed by atoms with E-state index >= 15 is 0 Å². The van der Waals surface area contributed by atoms with Crippen LogP contribution in [0.1, 0.15) is 18.9 Å². The Bertz CT molecular complexity index is 548. The van der Waals surface area contributed by atoms with E-state index in [0.29, 0.717) is 17.3 Å². The molecule has 1 aliphatic rings. The van der Waals surface area contributed by atoms with Gasteiger partial charge in [0, 0.05) is 22.5 Å². The summed E-state index contributed by atoms with van der Waals surface area (Å²) in [6, 6.07) is 3.10. The Morgan fingerprint density at radius 2 is 2.11 bits per heavy atom. The lowest BCUT2D eigenvalue weighted by Gasteiger charge is -2.24. The summed E-state index contributed by atoms with van der Waals surface area (Å²) >= 11 is 9.56. The fourth-order valence-electron chi connectivity index (χ4n) is 2.01. The van der Waals surface area contributed by atoms with Crippen molar-refractivity contribution in [1.29, 1.82) is 0 Å². The van der Waals surface area contributed by atoms with Gasteiger partial charge in [-0.05, 0) is 47.5 Å². The SMILES string of the molecule is Cc1cc(Br)c(N2CCC(=O)NC(C)C2=O)cc1Cl. The first-order valence-corrected chi connectivity index (χ1v) is 7.13. The molecule has 1 aromatic carbocycles. The number of nitrogens with one attached hydrogen (secondary N) is 1. The van der Waals surface area contributed by atoms with Crippen molar-refractivity contribution in [2.45, 2.75) is 26.3 Å². The standard InChI is InChI=1S/C13H14BrClN2O2/c1-7-5-9(14)11(6-10(7)15)17-4-3-12(18)16-8(2)13(17)19/h5-6,8H,3-4H2,1-2H3,(H,16,18). The average Bonchev–Trinajstić information content (AvgIpc) is 2.45. The van der Waals surface area contributed by atoms with E-state index < -0.39 is 6.04 Å². The normalized spacial score (nSPS) is 20.2. The van der Waals surface area contributed by atoms with Crippen LogP contribution in [0.25, 0.3) is 0 Å². The van der Waals surface area contributed by atoms with Crippen molar-refractivity contribution in [1.82, 2.24) is 5.32 Å². The van der Waals surface area contributed by atoms with Crippen LogP contribution < -0.4 is 10.2 Å². The molecule has 1 fully saturated rings. The highest BCUT2D eigenvalue weighted by molar-refractivity contribution is 9.10. The van der Waals surface area contributed by atoms with Gasteiger partial charge >= 0.3 is 0 Å². The highest BCUT2D eigenvalue weighted by atomic mass is 79.9. The van der Waals surface area contributed by atoms with Crippen molar-refractivity contribution in [3.8, 4) is 0 Å². The smallest absolute Gasteiger partial charge is 0.249 e. The summed E-state index contributed by atoms with van der Waals surface area (Å²) in [5.41, 5.74) is 1.63. The second kappa shape index (κ2) is 5.51. The van der Waals surface area contributed by atoms with Crippen LogP contribution in [0.3, 0.4) is 0 Å². The molecule has 0 bridgehead atoms. The summed E-state index contributed by atoms with van der Waals surface area (Å²) < 4.78 is 0.796. The predicted molar refractivity (Wildman–Crippen MR) is 78.5 cm³/mol. The average molecular weight is 346 g/mol. The third-order valence-corrected chi connectivity index (χ3v) is 4.14. The molecule has 0 aromatic heterocycles. The Hall–Kier alpha value is -1.07. The Kier molecular flexibility index (Phi) is 4.16. The van der Waals surface area contributed by atoms with Crippen LogP contribution in [-0.4, -0.2) is 24.4 Å². The zero-order chi connectivity index (χ0) is 14.2. The third-order valence-electron chi connectivity index (χ3n) is 3.10. The number of aryl methyl sites for hydroxylation is 1. The van der Waals surface area contributed by atoms with E-state index in [0.717, 1.165) is 10.0 Å². The van der Waals surface area contributed by atoms with E-state index in [1.807, 2.05) is 13.0 Å². The molecule has 0 radical (unpaired) electrons. The molecule has 2 rings (SSSR count). The molecule has 2 amide bonds. The van der Waals surface area contributed by atoms with Crippen molar-refractivity contribution < 1.29 is 9.59 Å². The zero-order valence-electron chi connectivity index (χ0n) is 10.7. The monoisotopic (exact) mass is 344 g/mol. The quantitative estimate of drug-likeness (QED) is 0.850. The van der Waals surface area contributed by atoms with E-state index in [-0.39, 0.29) is 18.2 Å². The second-order valence-corrected chi connectivity index (χ2v) is 5.84. The summed E-state index contributed by atoms with van der Waals surface area (Å²) in [6.07, 6.45) is 0.286. The Balaban J connectivity index is 2.42. The van der Waals surface area contributed by atoms with Crippen LogP contribution in [0.2, 0.25) is 5.02 Å². The molecule has 1 aliphatic heterocycles. The van der Waals surface area contributed by atoms with Gasteiger partial charge in [-0.15, -0.1) is 0 Å². The Morgan fingerprint density at radius 1 is 1.42 bits per heavy atom. The van der Waals surface area contributed by atoms with E-state index in [1.165, 1.54) is 0 Å². The van der Waals surface area contributed by atoms with E-state index in [4.69, 9.17) is 11.6 Å². The van der Waals surface area contributed by atoms with Crippen molar-refractivity contribution in [3.05, 3.63) is 27.2 Å². The van der Waals surface area contributed by atoms with Gasteiger partial charge in [-0.3, -0.25) is 9.59 Å². The number of carbonyl (C=O) groups excluding carboxylic acids is 2.